The summed E-state index contributed by atoms with van der Waals surface area (Å²) >= 11 is 0. The second-order valence-corrected chi connectivity index (χ2v) is 4.81. The van der Waals surface area contributed by atoms with Crippen LogP contribution in [0.15, 0.2) is 30.5 Å². The normalized spacial score (nSPS) is 10.6. The Morgan fingerprint density at radius 3 is 2.76 bits per heavy atom. The number of benzene rings is 1. The Hall–Kier alpha value is -2.01. The minimum atomic E-state index is 0.600. The highest BCUT2D eigenvalue weighted by molar-refractivity contribution is 5.43. The van der Waals surface area contributed by atoms with Crippen molar-refractivity contribution in [2.24, 2.45) is 7.05 Å². The first-order valence-electron chi connectivity index (χ1n) is 7.22. The van der Waals surface area contributed by atoms with Crippen molar-refractivity contribution in [1.29, 1.82) is 0 Å². The number of hydrogen-bond donors (Lipinski definition) is 1. The Balaban J connectivity index is 1.94. The topological polar surface area (TPSA) is 48.3 Å². The molecule has 2 aromatic rings. The van der Waals surface area contributed by atoms with Crippen LogP contribution in [0.4, 0.5) is 0 Å². The predicted octanol–water partition coefficient (Wildman–Crippen LogP) is 2.16. The zero-order valence-electron chi connectivity index (χ0n) is 12.9. The molecule has 0 unspecified atom stereocenters. The van der Waals surface area contributed by atoms with Gasteiger partial charge in [0.05, 0.1) is 13.7 Å². The molecule has 0 saturated heterocycles. The number of ether oxygens (including phenoxy) is 2. The molecule has 0 fully saturated rings. The number of nitrogens with zero attached hydrogens (tertiary/aromatic N) is 2. The highest BCUT2D eigenvalue weighted by Crippen LogP contribution is 2.28. The number of hydrogen-bond acceptors (Lipinski definition) is 4. The molecule has 1 aromatic carbocycles. The fraction of sp³-hybridized carbons (Fsp3) is 0.438. The minimum absolute atomic E-state index is 0.600. The molecule has 0 radical (unpaired) electrons. The number of methoxy groups -OCH3 is 1. The molecular formula is C16H23N3O2. The third-order valence-corrected chi connectivity index (χ3v) is 3.35. The smallest absolute Gasteiger partial charge is 0.161 e. The van der Waals surface area contributed by atoms with E-state index >= 15 is 0 Å². The number of rotatable bonds is 8. The molecule has 0 bridgehead atoms. The van der Waals surface area contributed by atoms with Crippen molar-refractivity contribution in [2.45, 2.75) is 19.9 Å². The van der Waals surface area contributed by atoms with Crippen LogP contribution >= 0.6 is 0 Å². The van der Waals surface area contributed by atoms with E-state index in [1.54, 1.807) is 13.3 Å². The molecule has 0 aliphatic heterocycles. The number of aryl methyl sites for hydroxylation is 1. The van der Waals surface area contributed by atoms with Crippen LogP contribution in [0.3, 0.4) is 0 Å². The van der Waals surface area contributed by atoms with Crippen LogP contribution in [0.2, 0.25) is 0 Å². The largest absolute Gasteiger partial charge is 0.493 e. The van der Waals surface area contributed by atoms with Gasteiger partial charge in [-0.25, -0.2) is 0 Å². The summed E-state index contributed by atoms with van der Waals surface area (Å²) in [6, 6.07) is 8.04. The Morgan fingerprint density at radius 1 is 1.24 bits per heavy atom. The highest BCUT2D eigenvalue weighted by atomic mass is 16.5. The maximum absolute atomic E-state index is 5.83. The van der Waals surface area contributed by atoms with E-state index in [4.69, 9.17) is 9.47 Å². The van der Waals surface area contributed by atoms with Gasteiger partial charge in [0.25, 0.3) is 0 Å². The van der Waals surface area contributed by atoms with Gasteiger partial charge in [0.15, 0.2) is 11.5 Å². The lowest BCUT2D eigenvalue weighted by Gasteiger charge is -2.12. The van der Waals surface area contributed by atoms with Crippen LogP contribution in [-0.4, -0.2) is 30.0 Å². The van der Waals surface area contributed by atoms with Crippen molar-refractivity contribution < 1.29 is 9.47 Å². The fourth-order valence-electron chi connectivity index (χ4n) is 2.12. The van der Waals surface area contributed by atoms with Crippen LogP contribution in [0.5, 0.6) is 11.5 Å². The zero-order chi connectivity index (χ0) is 15.1. The summed E-state index contributed by atoms with van der Waals surface area (Å²) in [4.78, 5) is 0. The van der Waals surface area contributed by atoms with Gasteiger partial charge >= 0.3 is 0 Å². The van der Waals surface area contributed by atoms with Crippen molar-refractivity contribution in [3.8, 4) is 11.5 Å². The van der Waals surface area contributed by atoms with E-state index in [0.717, 1.165) is 36.7 Å². The molecular weight excluding hydrogens is 266 g/mol. The maximum Gasteiger partial charge on any atom is 0.161 e. The molecule has 0 saturated carbocycles. The van der Waals surface area contributed by atoms with Gasteiger partial charge in [-0.1, -0.05) is 13.0 Å². The van der Waals surface area contributed by atoms with Gasteiger partial charge in [0.2, 0.25) is 0 Å². The molecule has 21 heavy (non-hydrogen) atoms. The monoisotopic (exact) mass is 289 g/mol. The van der Waals surface area contributed by atoms with Crippen LogP contribution in [-0.2, 0) is 20.0 Å². The lowest BCUT2D eigenvalue weighted by molar-refractivity contribution is 0.295. The maximum atomic E-state index is 5.83. The third-order valence-electron chi connectivity index (χ3n) is 3.35. The number of nitrogens with one attached hydrogen (secondary N) is 1. The predicted molar refractivity (Wildman–Crippen MR) is 82.8 cm³/mol. The summed E-state index contributed by atoms with van der Waals surface area (Å²) in [5.41, 5.74) is 2.34. The molecule has 1 N–H and O–H groups in total. The lowest BCUT2D eigenvalue weighted by Crippen LogP contribution is -2.12. The van der Waals surface area contributed by atoms with E-state index in [-0.39, 0.29) is 0 Å². The van der Waals surface area contributed by atoms with Gasteiger partial charge < -0.3 is 14.8 Å². The zero-order valence-corrected chi connectivity index (χ0v) is 12.9. The van der Waals surface area contributed by atoms with Crippen molar-refractivity contribution in [1.82, 2.24) is 15.1 Å². The molecule has 0 aliphatic carbocycles. The second kappa shape index (κ2) is 7.69. The Kier molecular flexibility index (Phi) is 5.63. The molecule has 1 aromatic heterocycles. The first-order chi connectivity index (χ1) is 10.2. The molecule has 0 atom stereocenters. The average Bonchev–Trinajstić information content (AvgIpc) is 2.91. The quantitative estimate of drug-likeness (QED) is 0.809. The molecule has 114 valence electrons. The summed E-state index contributed by atoms with van der Waals surface area (Å²) in [5.74, 6) is 1.55. The fourth-order valence-corrected chi connectivity index (χ4v) is 2.12. The molecule has 2 rings (SSSR count). The van der Waals surface area contributed by atoms with E-state index in [2.05, 4.69) is 23.4 Å². The molecule has 0 amide bonds. The van der Waals surface area contributed by atoms with Crippen molar-refractivity contribution >= 4 is 0 Å². The summed E-state index contributed by atoms with van der Waals surface area (Å²) in [5, 5.41) is 7.44. The third kappa shape index (κ3) is 4.23. The first kappa shape index (κ1) is 15.4. The van der Waals surface area contributed by atoms with Crippen molar-refractivity contribution in [2.75, 3.05) is 20.3 Å². The van der Waals surface area contributed by atoms with E-state index in [9.17, 15) is 0 Å². The van der Waals surface area contributed by atoms with Crippen LogP contribution in [0.25, 0.3) is 0 Å². The van der Waals surface area contributed by atoms with E-state index < -0.39 is 0 Å². The number of aromatic nitrogens is 2. The van der Waals surface area contributed by atoms with Crippen molar-refractivity contribution in [3.05, 3.63) is 41.7 Å². The summed E-state index contributed by atoms with van der Waals surface area (Å²) in [6.07, 6.45) is 2.62. The van der Waals surface area contributed by atoms with E-state index in [1.807, 2.05) is 29.9 Å². The first-order valence-corrected chi connectivity index (χ1v) is 7.22. The van der Waals surface area contributed by atoms with Crippen LogP contribution < -0.4 is 14.8 Å². The summed E-state index contributed by atoms with van der Waals surface area (Å²) in [6.45, 7) is 4.48. The Bertz CT molecular complexity index is 566. The lowest BCUT2D eigenvalue weighted by atomic mass is 10.2. The van der Waals surface area contributed by atoms with Crippen LogP contribution in [0, 0.1) is 0 Å². The van der Waals surface area contributed by atoms with E-state index in [1.165, 1.54) is 5.56 Å². The Labute approximate surface area is 125 Å². The van der Waals surface area contributed by atoms with E-state index in [0.29, 0.717) is 6.61 Å². The molecule has 5 nitrogen and oxygen atoms in total. The second-order valence-electron chi connectivity index (χ2n) is 4.81. The highest BCUT2D eigenvalue weighted by Gasteiger charge is 2.06. The molecule has 5 heteroatoms. The minimum Gasteiger partial charge on any atom is -0.493 e. The van der Waals surface area contributed by atoms with Gasteiger partial charge in [-0.15, -0.1) is 0 Å². The van der Waals surface area contributed by atoms with Crippen molar-refractivity contribution in [3.63, 3.8) is 0 Å². The molecule has 0 spiro atoms. The average molecular weight is 289 g/mol. The molecule has 0 aliphatic rings. The van der Waals surface area contributed by atoms with Gasteiger partial charge in [-0.3, -0.25) is 4.68 Å². The molecule has 1 heterocycles. The summed E-state index contributed by atoms with van der Waals surface area (Å²) < 4.78 is 13.1. The van der Waals surface area contributed by atoms with Crippen LogP contribution in [0.1, 0.15) is 18.2 Å². The van der Waals surface area contributed by atoms with Gasteiger partial charge in [-0.05, 0) is 30.3 Å². The standard InChI is InChI=1S/C16H23N3O2/c1-4-17-12-13-5-6-15(16(11-13)20-3)21-10-8-14-7-9-18-19(14)2/h5-7,9,11,17H,4,8,10,12H2,1-3H3. The SMILES string of the molecule is CCNCc1ccc(OCCc2ccnn2C)c(OC)c1. The van der Waals surface area contributed by atoms with Gasteiger partial charge in [-0.2, -0.15) is 5.10 Å². The Morgan fingerprint density at radius 2 is 2.10 bits per heavy atom. The van der Waals surface area contributed by atoms with Gasteiger partial charge in [0.1, 0.15) is 0 Å². The summed E-state index contributed by atoms with van der Waals surface area (Å²) in [7, 11) is 3.60. The van der Waals surface area contributed by atoms with Gasteiger partial charge in [0, 0.05) is 31.9 Å².